The van der Waals surface area contributed by atoms with Crippen LogP contribution in [-0.2, 0) is 4.79 Å². The summed E-state index contributed by atoms with van der Waals surface area (Å²) in [6.07, 6.45) is 9.80. The zero-order chi connectivity index (χ0) is 22.3. The van der Waals surface area contributed by atoms with E-state index in [9.17, 15) is 4.79 Å². The van der Waals surface area contributed by atoms with Crippen LogP contribution in [-0.4, -0.2) is 53.1 Å². The first kappa shape index (κ1) is 22.3. The van der Waals surface area contributed by atoms with Crippen LogP contribution in [0.1, 0.15) is 56.9 Å². The van der Waals surface area contributed by atoms with E-state index < -0.39 is 0 Å². The highest BCUT2D eigenvalue weighted by Gasteiger charge is 2.25. The van der Waals surface area contributed by atoms with E-state index in [1.807, 2.05) is 18.3 Å². The summed E-state index contributed by atoms with van der Waals surface area (Å²) in [4.78, 5) is 25.0. The quantitative estimate of drug-likeness (QED) is 0.521. The molecule has 1 amide bonds. The van der Waals surface area contributed by atoms with Gasteiger partial charge in [-0.15, -0.1) is 0 Å². The van der Waals surface area contributed by atoms with E-state index in [2.05, 4.69) is 31.2 Å². The van der Waals surface area contributed by atoms with Gasteiger partial charge in [0.2, 0.25) is 17.7 Å². The third kappa shape index (κ3) is 5.85. The molecule has 3 heterocycles. The average Bonchev–Trinajstić information content (AvgIpc) is 2.81. The summed E-state index contributed by atoms with van der Waals surface area (Å²) in [6.45, 7) is 3.62. The molecule has 4 N–H and O–H groups in total. The minimum Gasteiger partial charge on any atom is -0.481 e. The normalized spacial score (nSPS) is 21.6. The van der Waals surface area contributed by atoms with E-state index in [4.69, 9.17) is 9.72 Å². The number of piperidine rings is 1. The van der Waals surface area contributed by atoms with Crippen LogP contribution in [0.15, 0.2) is 24.5 Å². The molecule has 0 radical (unpaired) electrons. The Kier molecular flexibility index (Phi) is 7.36. The van der Waals surface area contributed by atoms with Crippen molar-refractivity contribution >= 4 is 23.4 Å². The molecule has 0 aromatic carbocycles. The number of nitrogens with one attached hydrogen (secondary N) is 4. The first-order valence-corrected chi connectivity index (χ1v) is 11.5. The molecule has 0 spiro atoms. The third-order valence-corrected chi connectivity index (χ3v) is 6.27. The molecular weight excluding hydrogens is 406 g/mol. The van der Waals surface area contributed by atoms with Crippen molar-refractivity contribution in [1.29, 1.82) is 0 Å². The van der Waals surface area contributed by atoms with Crippen LogP contribution < -0.4 is 26.0 Å². The van der Waals surface area contributed by atoms with E-state index in [0.29, 0.717) is 23.8 Å². The van der Waals surface area contributed by atoms with Crippen molar-refractivity contribution in [2.45, 2.75) is 63.5 Å². The Bertz CT molecular complexity index is 909. The van der Waals surface area contributed by atoms with Crippen LogP contribution in [0.2, 0.25) is 0 Å². The summed E-state index contributed by atoms with van der Waals surface area (Å²) in [6, 6.07) is 4.30. The van der Waals surface area contributed by atoms with Gasteiger partial charge in [0.25, 0.3) is 0 Å². The van der Waals surface area contributed by atoms with Crippen molar-refractivity contribution in [1.82, 2.24) is 25.6 Å². The second-order valence-electron chi connectivity index (χ2n) is 8.63. The molecule has 172 valence electrons. The number of nitrogens with zero attached hydrogens (tertiary/aromatic N) is 3. The van der Waals surface area contributed by atoms with E-state index >= 15 is 0 Å². The number of carbonyl (C=O) groups is 1. The maximum Gasteiger partial charge on any atom is 0.229 e. The lowest BCUT2D eigenvalue weighted by Gasteiger charge is -2.31. The van der Waals surface area contributed by atoms with Crippen molar-refractivity contribution in [2.24, 2.45) is 0 Å². The average molecular weight is 440 g/mol. The van der Waals surface area contributed by atoms with Crippen molar-refractivity contribution in [3.63, 3.8) is 0 Å². The standard InChI is InChI=1S/C23H33N7O2/c1-15(31)27-17-3-5-18(6-4-17)28-22-20(16-7-10-24-11-8-16)14-26-23(30-22)29-19-9-12-25-21(13-19)32-2/h9,12-14,16-18,24H,3-8,10-11H2,1-2H3,(H,27,31)(H2,25,26,28,29,30)/t17-,18-. The molecule has 1 saturated carbocycles. The van der Waals surface area contributed by atoms with Crippen molar-refractivity contribution in [2.75, 3.05) is 30.8 Å². The van der Waals surface area contributed by atoms with Crippen LogP contribution in [0.3, 0.4) is 0 Å². The van der Waals surface area contributed by atoms with Crippen LogP contribution in [0, 0.1) is 0 Å². The number of amides is 1. The number of methoxy groups -OCH3 is 1. The highest BCUT2D eigenvalue weighted by atomic mass is 16.5. The first-order chi connectivity index (χ1) is 15.6. The van der Waals surface area contributed by atoms with E-state index in [1.54, 1.807) is 20.2 Å². The van der Waals surface area contributed by atoms with Gasteiger partial charge < -0.3 is 26.0 Å². The Morgan fingerprint density at radius 1 is 1.09 bits per heavy atom. The fourth-order valence-electron chi connectivity index (χ4n) is 4.59. The highest BCUT2D eigenvalue weighted by molar-refractivity contribution is 5.73. The van der Waals surface area contributed by atoms with Gasteiger partial charge >= 0.3 is 0 Å². The van der Waals surface area contributed by atoms with Gasteiger partial charge in [-0.2, -0.15) is 4.98 Å². The summed E-state index contributed by atoms with van der Waals surface area (Å²) in [7, 11) is 1.60. The molecule has 2 aromatic rings. The van der Waals surface area contributed by atoms with E-state index in [-0.39, 0.29) is 11.9 Å². The van der Waals surface area contributed by atoms with Gasteiger partial charge in [0.15, 0.2) is 0 Å². The zero-order valence-electron chi connectivity index (χ0n) is 18.9. The van der Waals surface area contributed by atoms with Crippen LogP contribution in [0.5, 0.6) is 5.88 Å². The number of hydrogen-bond acceptors (Lipinski definition) is 8. The van der Waals surface area contributed by atoms with Gasteiger partial charge in [-0.3, -0.25) is 4.79 Å². The minimum absolute atomic E-state index is 0.0499. The molecule has 32 heavy (non-hydrogen) atoms. The zero-order valence-corrected chi connectivity index (χ0v) is 18.9. The van der Waals surface area contributed by atoms with Crippen molar-refractivity contribution in [3.8, 4) is 5.88 Å². The largest absolute Gasteiger partial charge is 0.481 e. The Morgan fingerprint density at radius 2 is 1.84 bits per heavy atom. The Balaban J connectivity index is 1.50. The first-order valence-electron chi connectivity index (χ1n) is 11.5. The number of anilines is 3. The SMILES string of the molecule is COc1cc(Nc2ncc(C3CCNCC3)c(N[C@H]3CC[C@H](NC(C)=O)CC3)n2)ccn1. The lowest BCUT2D eigenvalue weighted by molar-refractivity contribution is -0.119. The molecule has 1 aliphatic heterocycles. The van der Waals surface area contributed by atoms with Crippen molar-refractivity contribution in [3.05, 3.63) is 30.1 Å². The minimum atomic E-state index is 0.0499. The molecule has 1 aliphatic carbocycles. The fraction of sp³-hybridized carbons (Fsp3) is 0.565. The number of rotatable bonds is 7. The molecule has 1 saturated heterocycles. The van der Waals surface area contributed by atoms with E-state index in [1.165, 1.54) is 5.56 Å². The van der Waals surface area contributed by atoms with Gasteiger partial charge in [-0.1, -0.05) is 0 Å². The summed E-state index contributed by atoms with van der Waals surface area (Å²) in [5, 5.41) is 13.5. The van der Waals surface area contributed by atoms with Gasteiger partial charge in [-0.25, -0.2) is 9.97 Å². The molecule has 4 rings (SSSR count). The molecule has 9 nitrogen and oxygen atoms in total. The summed E-state index contributed by atoms with van der Waals surface area (Å²) < 4.78 is 5.21. The number of hydrogen-bond donors (Lipinski definition) is 4. The molecule has 2 fully saturated rings. The Morgan fingerprint density at radius 3 is 2.56 bits per heavy atom. The lowest BCUT2D eigenvalue weighted by atomic mass is 9.89. The molecule has 9 heteroatoms. The van der Waals surface area contributed by atoms with Crippen molar-refractivity contribution < 1.29 is 9.53 Å². The van der Waals surface area contributed by atoms with Gasteiger partial charge in [0.1, 0.15) is 5.82 Å². The molecular formula is C23H33N7O2. The van der Waals surface area contributed by atoms with Crippen LogP contribution in [0.4, 0.5) is 17.5 Å². The second-order valence-corrected chi connectivity index (χ2v) is 8.63. The van der Waals surface area contributed by atoms with Crippen LogP contribution >= 0.6 is 0 Å². The number of aromatic nitrogens is 3. The van der Waals surface area contributed by atoms with Gasteiger partial charge in [0, 0.05) is 48.7 Å². The smallest absolute Gasteiger partial charge is 0.229 e. The predicted molar refractivity (Wildman–Crippen MR) is 124 cm³/mol. The highest BCUT2D eigenvalue weighted by Crippen LogP contribution is 2.32. The predicted octanol–water partition coefficient (Wildman–Crippen LogP) is 2.95. The molecule has 2 aliphatic rings. The third-order valence-electron chi connectivity index (χ3n) is 6.27. The maximum absolute atomic E-state index is 11.4. The van der Waals surface area contributed by atoms with Gasteiger partial charge in [-0.05, 0) is 63.6 Å². The topological polar surface area (TPSA) is 113 Å². The number of carbonyl (C=O) groups excluding carboxylic acids is 1. The number of ether oxygens (including phenoxy) is 1. The monoisotopic (exact) mass is 439 g/mol. The van der Waals surface area contributed by atoms with E-state index in [0.717, 1.165) is 63.1 Å². The summed E-state index contributed by atoms with van der Waals surface area (Å²) in [5.74, 6) is 2.50. The maximum atomic E-state index is 11.4. The number of pyridine rings is 1. The lowest BCUT2D eigenvalue weighted by Crippen LogP contribution is -2.39. The summed E-state index contributed by atoms with van der Waals surface area (Å²) in [5.41, 5.74) is 2.02. The molecule has 0 unspecified atom stereocenters. The Hall–Kier alpha value is -2.94. The molecule has 0 bridgehead atoms. The summed E-state index contributed by atoms with van der Waals surface area (Å²) >= 11 is 0. The fourth-order valence-corrected chi connectivity index (χ4v) is 4.59. The van der Waals surface area contributed by atoms with Gasteiger partial charge in [0.05, 0.1) is 7.11 Å². The molecule has 0 atom stereocenters. The second kappa shape index (κ2) is 10.6. The Labute approximate surface area is 189 Å². The van der Waals surface area contributed by atoms with Crippen LogP contribution in [0.25, 0.3) is 0 Å². The molecule has 2 aromatic heterocycles.